The lowest BCUT2D eigenvalue weighted by molar-refractivity contribution is -0.148. The average Bonchev–Trinajstić information content (AvgIpc) is 2.04. The van der Waals surface area contributed by atoms with E-state index in [0.717, 1.165) is 19.3 Å². The number of carbonyl (C=O) groups is 1. The fraction of sp³-hybridized carbons (Fsp3) is 0.889. The van der Waals surface area contributed by atoms with E-state index in [-0.39, 0.29) is 11.9 Å². The van der Waals surface area contributed by atoms with E-state index in [0.29, 0.717) is 13.2 Å². The molecular weight excluding hydrogens is 154 g/mol. The van der Waals surface area contributed by atoms with Crippen LogP contribution in [0, 0.1) is 5.92 Å². The number of nitrogens with two attached hydrogens (primary N) is 1. The fourth-order valence-electron chi connectivity index (χ4n) is 1.19. The van der Waals surface area contributed by atoms with Gasteiger partial charge < -0.3 is 10.5 Å². The van der Waals surface area contributed by atoms with Crippen LogP contribution in [-0.2, 0) is 9.53 Å². The van der Waals surface area contributed by atoms with Crippen molar-refractivity contribution in [1.29, 1.82) is 0 Å². The van der Waals surface area contributed by atoms with Gasteiger partial charge in [0, 0.05) is 0 Å². The first kappa shape index (κ1) is 11.4. The van der Waals surface area contributed by atoms with Crippen LogP contribution < -0.4 is 5.73 Å². The molecule has 72 valence electrons. The van der Waals surface area contributed by atoms with Gasteiger partial charge in [-0.2, -0.15) is 0 Å². The van der Waals surface area contributed by atoms with E-state index in [9.17, 15) is 4.79 Å². The summed E-state index contributed by atoms with van der Waals surface area (Å²) in [4.78, 5) is 11.2. The van der Waals surface area contributed by atoms with Crippen LogP contribution in [0.15, 0.2) is 0 Å². The summed E-state index contributed by atoms with van der Waals surface area (Å²) in [6.45, 7) is 4.90. The quantitative estimate of drug-likeness (QED) is 0.616. The Morgan fingerprint density at radius 2 is 2.08 bits per heavy atom. The molecule has 0 saturated carbocycles. The molecular formula is C9H19NO2. The zero-order valence-corrected chi connectivity index (χ0v) is 8.01. The van der Waals surface area contributed by atoms with Gasteiger partial charge in [-0.15, -0.1) is 0 Å². The maximum absolute atomic E-state index is 11.2. The number of rotatable bonds is 6. The highest BCUT2D eigenvalue weighted by molar-refractivity contribution is 5.72. The van der Waals surface area contributed by atoms with E-state index in [1.807, 2.05) is 6.92 Å². The topological polar surface area (TPSA) is 52.3 Å². The van der Waals surface area contributed by atoms with Crippen molar-refractivity contribution in [2.75, 3.05) is 13.2 Å². The molecule has 0 aromatic rings. The van der Waals surface area contributed by atoms with Gasteiger partial charge in [-0.05, 0) is 26.3 Å². The monoisotopic (exact) mass is 173 g/mol. The lowest BCUT2D eigenvalue weighted by Crippen LogP contribution is -2.20. The highest BCUT2D eigenvalue weighted by atomic mass is 16.5. The van der Waals surface area contributed by atoms with Crippen molar-refractivity contribution in [1.82, 2.24) is 0 Å². The summed E-state index contributed by atoms with van der Waals surface area (Å²) >= 11 is 0. The van der Waals surface area contributed by atoms with Crippen molar-refractivity contribution < 1.29 is 9.53 Å². The van der Waals surface area contributed by atoms with Gasteiger partial charge in [-0.1, -0.05) is 13.3 Å². The third kappa shape index (κ3) is 4.34. The number of ether oxygens (including phenoxy) is 1. The molecule has 3 heteroatoms. The van der Waals surface area contributed by atoms with E-state index in [1.165, 1.54) is 0 Å². The Hall–Kier alpha value is -0.570. The van der Waals surface area contributed by atoms with E-state index in [4.69, 9.17) is 10.5 Å². The predicted octanol–water partition coefficient (Wildman–Crippen LogP) is 1.31. The second-order valence-electron chi connectivity index (χ2n) is 2.81. The number of carbonyl (C=O) groups excluding carboxylic acids is 1. The smallest absolute Gasteiger partial charge is 0.308 e. The van der Waals surface area contributed by atoms with Gasteiger partial charge in [-0.3, -0.25) is 4.79 Å². The van der Waals surface area contributed by atoms with Crippen molar-refractivity contribution in [3.63, 3.8) is 0 Å². The van der Waals surface area contributed by atoms with Crippen LogP contribution in [0.1, 0.15) is 33.1 Å². The fourth-order valence-corrected chi connectivity index (χ4v) is 1.19. The van der Waals surface area contributed by atoms with E-state index < -0.39 is 0 Å². The van der Waals surface area contributed by atoms with Crippen LogP contribution in [0.4, 0.5) is 0 Å². The van der Waals surface area contributed by atoms with E-state index in [2.05, 4.69) is 6.92 Å². The summed E-state index contributed by atoms with van der Waals surface area (Å²) in [6, 6.07) is 0. The van der Waals surface area contributed by atoms with Crippen LogP contribution in [0.3, 0.4) is 0 Å². The molecule has 0 saturated heterocycles. The summed E-state index contributed by atoms with van der Waals surface area (Å²) in [6.07, 6.45) is 2.63. The van der Waals surface area contributed by atoms with Crippen molar-refractivity contribution >= 4 is 5.97 Å². The minimum Gasteiger partial charge on any atom is -0.466 e. The van der Waals surface area contributed by atoms with Gasteiger partial charge >= 0.3 is 5.97 Å². The first-order chi connectivity index (χ1) is 5.76. The highest BCUT2D eigenvalue weighted by Gasteiger charge is 2.17. The van der Waals surface area contributed by atoms with Crippen molar-refractivity contribution in [3.05, 3.63) is 0 Å². The normalized spacial score (nSPS) is 12.6. The minimum absolute atomic E-state index is 0.0138. The first-order valence-corrected chi connectivity index (χ1v) is 4.62. The van der Waals surface area contributed by atoms with Crippen molar-refractivity contribution in [2.45, 2.75) is 33.1 Å². The standard InChI is InChI=1S/C9H19NO2/c1-3-5-8(6-7-10)9(11)12-4-2/h8H,3-7,10H2,1-2H3. The van der Waals surface area contributed by atoms with Gasteiger partial charge in [0.15, 0.2) is 0 Å². The zero-order valence-electron chi connectivity index (χ0n) is 8.01. The van der Waals surface area contributed by atoms with E-state index >= 15 is 0 Å². The van der Waals surface area contributed by atoms with Crippen LogP contribution >= 0.6 is 0 Å². The van der Waals surface area contributed by atoms with Gasteiger partial charge in [0.1, 0.15) is 0 Å². The Balaban J connectivity index is 3.81. The van der Waals surface area contributed by atoms with Gasteiger partial charge in [0.2, 0.25) is 0 Å². The van der Waals surface area contributed by atoms with Crippen molar-refractivity contribution in [2.24, 2.45) is 11.7 Å². The van der Waals surface area contributed by atoms with Crippen LogP contribution in [0.2, 0.25) is 0 Å². The zero-order chi connectivity index (χ0) is 9.40. The summed E-state index contributed by atoms with van der Waals surface area (Å²) in [7, 11) is 0. The molecule has 0 amide bonds. The third-order valence-electron chi connectivity index (χ3n) is 1.77. The molecule has 0 aliphatic carbocycles. The third-order valence-corrected chi connectivity index (χ3v) is 1.77. The molecule has 0 aliphatic heterocycles. The lowest BCUT2D eigenvalue weighted by atomic mass is 10.0. The maximum atomic E-state index is 11.2. The molecule has 0 radical (unpaired) electrons. The molecule has 3 nitrogen and oxygen atoms in total. The molecule has 1 unspecified atom stereocenters. The number of hydrogen-bond donors (Lipinski definition) is 1. The molecule has 0 fully saturated rings. The molecule has 0 heterocycles. The molecule has 0 aromatic heterocycles. The van der Waals surface area contributed by atoms with E-state index in [1.54, 1.807) is 0 Å². The summed E-state index contributed by atoms with van der Waals surface area (Å²) < 4.78 is 4.91. The lowest BCUT2D eigenvalue weighted by Gasteiger charge is -2.12. The van der Waals surface area contributed by atoms with Crippen LogP contribution in [0.5, 0.6) is 0 Å². The van der Waals surface area contributed by atoms with Gasteiger partial charge in [-0.25, -0.2) is 0 Å². The number of hydrogen-bond acceptors (Lipinski definition) is 3. The van der Waals surface area contributed by atoms with Crippen LogP contribution in [0.25, 0.3) is 0 Å². The highest BCUT2D eigenvalue weighted by Crippen LogP contribution is 2.12. The second kappa shape index (κ2) is 7.10. The Morgan fingerprint density at radius 3 is 2.50 bits per heavy atom. The second-order valence-corrected chi connectivity index (χ2v) is 2.81. The van der Waals surface area contributed by atoms with Crippen molar-refractivity contribution in [3.8, 4) is 0 Å². The Kier molecular flexibility index (Phi) is 6.76. The Morgan fingerprint density at radius 1 is 1.42 bits per heavy atom. The molecule has 0 bridgehead atoms. The minimum atomic E-state index is -0.0928. The number of esters is 1. The average molecular weight is 173 g/mol. The molecule has 0 aliphatic rings. The largest absolute Gasteiger partial charge is 0.466 e. The summed E-state index contributed by atoms with van der Waals surface area (Å²) in [5.74, 6) is -0.0789. The van der Waals surface area contributed by atoms with Crippen LogP contribution in [-0.4, -0.2) is 19.1 Å². The Bertz CT molecular complexity index is 120. The molecule has 12 heavy (non-hydrogen) atoms. The summed E-state index contributed by atoms with van der Waals surface area (Å²) in [5, 5.41) is 0. The molecule has 0 spiro atoms. The first-order valence-electron chi connectivity index (χ1n) is 4.62. The summed E-state index contributed by atoms with van der Waals surface area (Å²) in [5.41, 5.74) is 5.39. The molecule has 1 atom stereocenters. The predicted molar refractivity (Wildman–Crippen MR) is 48.7 cm³/mol. The Labute approximate surface area is 74.3 Å². The molecule has 0 rings (SSSR count). The van der Waals surface area contributed by atoms with Gasteiger partial charge in [0.05, 0.1) is 12.5 Å². The molecule has 0 aromatic carbocycles. The van der Waals surface area contributed by atoms with Gasteiger partial charge in [0.25, 0.3) is 0 Å². The molecule has 2 N–H and O–H groups in total. The SMILES string of the molecule is CCCC(CCN)C(=O)OCC. The maximum Gasteiger partial charge on any atom is 0.308 e.